The van der Waals surface area contributed by atoms with E-state index in [2.05, 4.69) is 11.4 Å². The molecule has 21 heavy (non-hydrogen) atoms. The molecule has 1 aromatic carbocycles. The second-order valence-electron chi connectivity index (χ2n) is 5.20. The highest BCUT2D eigenvalue weighted by atomic mass is 35.5. The molecule has 1 N–H and O–H groups in total. The molecule has 0 fully saturated rings. The summed E-state index contributed by atoms with van der Waals surface area (Å²) in [7, 11) is 5.84. The number of hydrogen-bond acceptors (Lipinski definition) is 3. The first kappa shape index (κ1) is 15.3. The monoisotopic (exact) mass is 302 g/mol. The standard InChI is InChI=1S/C16H19ClN4/c1-11-12(8-13(9-18)21(11)4)10-19-15-7-5-6-14(17)16(15)20(2)3/h5-8,19H,10H2,1-4H3. The molecule has 0 spiro atoms. The van der Waals surface area contributed by atoms with Gasteiger partial charge in [-0.3, -0.25) is 0 Å². The number of halogens is 1. The van der Waals surface area contributed by atoms with Crippen molar-refractivity contribution in [2.24, 2.45) is 7.05 Å². The second kappa shape index (κ2) is 6.11. The first-order valence-electron chi connectivity index (χ1n) is 6.70. The van der Waals surface area contributed by atoms with E-state index in [0.717, 1.165) is 22.6 Å². The molecule has 0 atom stereocenters. The predicted molar refractivity (Wildman–Crippen MR) is 88.0 cm³/mol. The summed E-state index contributed by atoms with van der Waals surface area (Å²) in [6, 6.07) is 9.93. The third kappa shape index (κ3) is 2.98. The second-order valence-corrected chi connectivity index (χ2v) is 5.60. The molecule has 1 aromatic heterocycles. The van der Waals surface area contributed by atoms with Gasteiger partial charge in [-0.25, -0.2) is 0 Å². The van der Waals surface area contributed by atoms with Crippen molar-refractivity contribution in [3.63, 3.8) is 0 Å². The van der Waals surface area contributed by atoms with Crippen LogP contribution in [-0.2, 0) is 13.6 Å². The van der Waals surface area contributed by atoms with E-state index in [1.807, 2.05) is 61.8 Å². The van der Waals surface area contributed by atoms with Gasteiger partial charge in [-0.2, -0.15) is 5.26 Å². The molecule has 2 rings (SSSR count). The van der Waals surface area contributed by atoms with E-state index in [4.69, 9.17) is 16.9 Å². The molecule has 2 aromatic rings. The Morgan fingerprint density at radius 1 is 1.38 bits per heavy atom. The summed E-state index contributed by atoms with van der Waals surface area (Å²) in [4.78, 5) is 1.99. The van der Waals surface area contributed by atoms with Crippen LogP contribution in [0.15, 0.2) is 24.3 Å². The minimum atomic E-state index is 0.655. The molecule has 5 heteroatoms. The van der Waals surface area contributed by atoms with Crippen LogP contribution in [0.4, 0.5) is 11.4 Å². The zero-order valence-electron chi connectivity index (χ0n) is 12.7. The van der Waals surface area contributed by atoms with Crippen LogP contribution in [0.3, 0.4) is 0 Å². The van der Waals surface area contributed by atoms with Crippen molar-refractivity contribution in [2.45, 2.75) is 13.5 Å². The van der Waals surface area contributed by atoms with Crippen LogP contribution in [0.1, 0.15) is 17.0 Å². The quantitative estimate of drug-likeness (QED) is 0.939. The van der Waals surface area contributed by atoms with E-state index >= 15 is 0 Å². The molecule has 0 saturated heterocycles. The molecule has 0 saturated carbocycles. The SMILES string of the molecule is Cc1c(CNc2cccc(Cl)c2N(C)C)cc(C#N)n1C. The van der Waals surface area contributed by atoms with Crippen LogP contribution in [0.2, 0.25) is 5.02 Å². The van der Waals surface area contributed by atoms with Gasteiger partial charge >= 0.3 is 0 Å². The third-order valence-electron chi connectivity index (χ3n) is 3.66. The fourth-order valence-corrected chi connectivity index (χ4v) is 2.70. The van der Waals surface area contributed by atoms with Crippen molar-refractivity contribution in [3.8, 4) is 6.07 Å². The van der Waals surface area contributed by atoms with E-state index in [-0.39, 0.29) is 0 Å². The fraction of sp³-hybridized carbons (Fsp3) is 0.312. The summed E-state index contributed by atoms with van der Waals surface area (Å²) in [6.07, 6.45) is 0. The van der Waals surface area contributed by atoms with Gasteiger partial charge in [0, 0.05) is 33.4 Å². The molecule has 0 aliphatic heterocycles. The average molecular weight is 303 g/mol. The van der Waals surface area contributed by atoms with Gasteiger partial charge in [0.1, 0.15) is 11.8 Å². The molecular weight excluding hydrogens is 284 g/mol. The van der Waals surface area contributed by atoms with Crippen molar-refractivity contribution in [1.29, 1.82) is 5.26 Å². The first-order valence-corrected chi connectivity index (χ1v) is 7.08. The van der Waals surface area contributed by atoms with Crippen LogP contribution in [-0.4, -0.2) is 18.7 Å². The molecule has 0 bridgehead atoms. The predicted octanol–water partition coefficient (Wildman–Crippen LogP) is 3.54. The Morgan fingerprint density at radius 2 is 2.10 bits per heavy atom. The topological polar surface area (TPSA) is 44.0 Å². The number of anilines is 2. The van der Waals surface area contributed by atoms with Gasteiger partial charge in [0.2, 0.25) is 0 Å². The van der Waals surface area contributed by atoms with Gasteiger partial charge in [-0.1, -0.05) is 17.7 Å². The molecule has 1 heterocycles. The summed E-state index contributed by atoms with van der Waals surface area (Å²) >= 11 is 6.26. The Bertz CT molecular complexity index is 695. The lowest BCUT2D eigenvalue weighted by atomic mass is 10.2. The van der Waals surface area contributed by atoms with Gasteiger partial charge < -0.3 is 14.8 Å². The molecule has 0 unspecified atom stereocenters. The molecule has 0 aliphatic rings. The van der Waals surface area contributed by atoms with Gasteiger partial charge in [0.05, 0.1) is 16.4 Å². The number of benzene rings is 1. The lowest BCUT2D eigenvalue weighted by Crippen LogP contribution is -2.13. The Labute approximate surface area is 130 Å². The summed E-state index contributed by atoms with van der Waals surface area (Å²) < 4.78 is 1.90. The first-order chi connectivity index (χ1) is 9.95. The van der Waals surface area contributed by atoms with Crippen molar-refractivity contribution in [3.05, 3.63) is 46.2 Å². The Balaban J connectivity index is 2.26. The van der Waals surface area contributed by atoms with Gasteiger partial charge in [0.25, 0.3) is 0 Å². The molecule has 4 nitrogen and oxygen atoms in total. The molecule has 110 valence electrons. The largest absolute Gasteiger partial charge is 0.379 e. The highest BCUT2D eigenvalue weighted by Gasteiger charge is 2.11. The number of nitrogens with zero attached hydrogens (tertiary/aromatic N) is 3. The maximum atomic E-state index is 9.08. The number of hydrogen-bond donors (Lipinski definition) is 1. The smallest absolute Gasteiger partial charge is 0.120 e. The van der Waals surface area contributed by atoms with E-state index in [1.165, 1.54) is 0 Å². The summed E-state index contributed by atoms with van der Waals surface area (Å²) in [5.74, 6) is 0. The lowest BCUT2D eigenvalue weighted by Gasteiger charge is -2.20. The number of para-hydroxylation sites is 1. The van der Waals surface area contributed by atoms with E-state index in [1.54, 1.807) is 0 Å². The maximum absolute atomic E-state index is 9.08. The van der Waals surface area contributed by atoms with Crippen LogP contribution in [0.25, 0.3) is 0 Å². The van der Waals surface area contributed by atoms with E-state index in [0.29, 0.717) is 17.3 Å². The zero-order chi connectivity index (χ0) is 15.6. The number of rotatable bonds is 4. The van der Waals surface area contributed by atoms with E-state index in [9.17, 15) is 0 Å². The van der Waals surface area contributed by atoms with Crippen molar-refractivity contribution >= 4 is 23.0 Å². The lowest BCUT2D eigenvalue weighted by molar-refractivity contribution is 0.856. The Hall–Kier alpha value is -2.12. The average Bonchev–Trinajstić information content (AvgIpc) is 2.72. The normalized spacial score (nSPS) is 10.3. The number of nitriles is 1. The number of nitrogens with one attached hydrogen (secondary N) is 1. The minimum absolute atomic E-state index is 0.655. The van der Waals surface area contributed by atoms with Gasteiger partial charge in [0.15, 0.2) is 0 Å². The summed E-state index contributed by atoms with van der Waals surface area (Å²) in [5, 5.41) is 13.2. The van der Waals surface area contributed by atoms with Crippen molar-refractivity contribution in [1.82, 2.24) is 4.57 Å². The summed E-state index contributed by atoms with van der Waals surface area (Å²) in [6.45, 7) is 2.67. The van der Waals surface area contributed by atoms with Crippen LogP contribution < -0.4 is 10.2 Å². The van der Waals surface area contributed by atoms with E-state index < -0.39 is 0 Å². The zero-order valence-corrected chi connectivity index (χ0v) is 13.5. The summed E-state index contributed by atoms with van der Waals surface area (Å²) in [5.41, 5.74) is 4.82. The van der Waals surface area contributed by atoms with Crippen LogP contribution >= 0.6 is 11.6 Å². The number of aromatic nitrogens is 1. The fourth-order valence-electron chi connectivity index (χ4n) is 2.35. The highest BCUT2D eigenvalue weighted by Crippen LogP contribution is 2.32. The van der Waals surface area contributed by atoms with Crippen molar-refractivity contribution < 1.29 is 0 Å². The Morgan fingerprint density at radius 3 is 2.67 bits per heavy atom. The molecule has 0 aliphatic carbocycles. The van der Waals surface area contributed by atoms with Crippen molar-refractivity contribution in [2.75, 3.05) is 24.3 Å². The highest BCUT2D eigenvalue weighted by molar-refractivity contribution is 6.34. The molecular formula is C16H19ClN4. The van der Waals surface area contributed by atoms with Gasteiger partial charge in [-0.05, 0) is 30.7 Å². The maximum Gasteiger partial charge on any atom is 0.120 e. The minimum Gasteiger partial charge on any atom is -0.379 e. The third-order valence-corrected chi connectivity index (χ3v) is 3.96. The van der Waals surface area contributed by atoms with Crippen LogP contribution in [0.5, 0.6) is 0 Å². The van der Waals surface area contributed by atoms with Crippen LogP contribution in [0, 0.1) is 18.3 Å². The van der Waals surface area contributed by atoms with Gasteiger partial charge in [-0.15, -0.1) is 0 Å². The molecule has 0 radical (unpaired) electrons. The Kier molecular flexibility index (Phi) is 4.44. The molecule has 0 amide bonds.